The topological polar surface area (TPSA) is 94.1 Å². The molecule has 0 aliphatic rings. The summed E-state index contributed by atoms with van der Waals surface area (Å²) in [5.41, 5.74) is 0.945. The number of amides is 1. The van der Waals surface area contributed by atoms with Crippen LogP contribution in [0.1, 0.15) is 56.8 Å². The Hall–Kier alpha value is -4.41. The van der Waals surface area contributed by atoms with Crippen LogP contribution in [-0.2, 0) is 45.9 Å². The van der Waals surface area contributed by atoms with Crippen LogP contribution in [0, 0.1) is 6.92 Å². The van der Waals surface area contributed by atoms with Gasteiger partial charge in [0.1, 0.15) is 12.4 Å². The highest BCUT2D eigenvalue weighted by atomic mass is 32.1. The van der Waals surface area contributed by atoms with E-state index in [2.05, 4.69) is 11.4 Å². The highest BCUT2D eigenvalue weighted by Crippen LogP contribution is 2.45. The molecule has 2 N–H and O–H groups in total. The number of thiophene rings is 1. The average molecular weight is 780 g/mol. The van der Waals surface area contributed by atoms with Gasteiger partial charge in [0.05, 0.1) is 36.6 Å². The molecule has 4 aromatic carbocycles. The molecule has 54 heavy (non-hydrogen) atoms. The summed E-state index contributed by atoms with van der Waals surface area (Å²) in [5.74, 6) is -0.268. The summed E-state index contributed by atoms with van der Waals surface area (Å²) in [7, 11) is -2.87. The molecule has 0 aliphatic carbocycles. The molecule has 0 spiro atoms. The Morgan fingerprint density at radius 3 is 2.15 bits per heavy atom. The maximum Gasteiger partial charge on any atom is 0.419 e. The fourth-order valence-electron chi connectivity index (χ4n) is 6.04. The first-order chi connectivity index (χ1) is 26.0. The smallest absolute Gasteiger partial charge is 0.419 e. The number of aliphatic hydroxyl groups excluding tert-OH is 1. The van der Waals surface area contributed by atoms with Gasteiger partial charge in [-0.3, -0.25) is 4.57 Å². The normalized spacial score (nSPS) is 13.8. The molecule has 3 atom stereocenters. The molecular weight excluding hydrogens is 734 g/mol. The van der Waals surface area contributed by atoms with E-state index < -0.39 is 43.7 Å². The standard InChI is InChI=1S/C42H45F3NO6PS/c1-31-24-35(28-54-31)16-11-23-50-38-20-19-33(25-37(38)42(43,44)45)21-22-41(29-47,46-40(48)51-27-34-14-7-3-8-15-34)30-52-53(49)39(36-17-9-4-10-18-36)26-32-12-5-2-6-13-32/h2-10,12-15,17-20,24-25,28,39,47,53H,11,16,21-23,26-27,29-30H2,1H3,(H,46,48). The predicted octanol–water partition coefficient (Wildman–Crippen LogP) is 10.2. The number of aryl methyl sites for hydroxylation is 3. The third kappa shape index (κ3) is 12.3. The Labute approximate surface area is 319 Å². The van der Waals surface area contributed by atoms with Gasteiger partial charge >= 0.3 is 12.3 Å². The van der Waals surface area contributed by atoms with E-state index in [1.54, 1.807) is 35.6 Å². The minimum absolute atomic E-state index is 0.0107. The summed E-state index contributed by atoms with van der Waals surface area (Å²) in [6.07, 6.45) is -3.92. The first-order valence-electron chi connectivity index (χ1n) is 17.8. The number of ether oxygens (including phenoxy) is 2. The van der Waals surface area contributed by atoms with Crippen molar-refractivity contribution in [3.63, 3.8) is 0 Å². The molecular formula is C42H45F3NO6PS. The number of aliphatic hydroxyl groups is 1. The second-order valence-corrected chi connectivity index (χ2v) is 16.0. The Kier molecular flexibility index (Phi) is 14.9. The van der Waals surface area contributed by atoms with Crippen molar-refractivity contribution in [2.45, 2.75) is 63.0 Å². The van der Waals surface area contributed by atoms with Crippen molar-refractivity contribution < 1.29 is 41.6 Å². The number of nitrogens with one attached hydrogen (secondary N) is 1. The highest BCUT2D eigenvalue weighted by Gasteiger charge is 2.37. The number of hydrogen-bond acceptors (Lipinski definition) is 7. The Bertz CT molecular complexity index is 1930. The van der Waals surface area contributed by atoms with Gasteiger partial charge < -0.3 is 24.4 Å². The number of carbonyl (C=O) groups is 1. The van der Waals surface area contributed by atoms with Crippen LogP contribution in [0.4, 0.5) is 18.0 Å². The zero-order valence-electron chi connectivity index (χ0n) is 30.0. The lowest BCUT2D eigenvalue weighted by Crippen LogP contribution is -2.55. The number of alkyl carbamates (subject to hydrolysis) is 1. The molecule has 286 valence electrons. The zero-order valence-corrected chi connectivity index (χ0v) is 31.8. The molecule has 5 aromatic rings. The number of alkyl halides is 3. The van der Waals surface area contributed by atoms with Crippen molar-refractivity contribution in [3.05, 3.63) is 159 Å². The first kappa shape index (κ1) is 40.8. The van der Waals surface area contributed by atoms with Gasteiger partial charge in [-0.1, -0.05) is 97.1 Å². The molecule has 0 aliphatic heterocycles. The van der Waals surface area contributed by atoms with E-state index in [0.29, 0.717) is 24.8 Å². The molecule has 1 heterocycles. The summed E-state index contributed by atoms with van der Waals surface area (Å²) >= 11 is 1.63. The molecule has 0 bridgehead atoms. The minimum Gasteiger partial charge on any atom is -0.493 e. The van der Waals surface area contributed by atoms with E-state index in [9.17, 15) is 27.6 Å². The lowest BCUT2D eigenvalue weighted by atomic mass is 9.92. The summed E-state index contributed by atoms with van der Waals surface area (Å²) in [6, 6.07) is 33.8. The maximum atomic E-state index is 14.3. The Morgan fingerprint density at radius 1 is 0.852 bits per heavy atom. The molecule has 7 nitrogen and oxygen atoms in total. The first-order valence-corrected chi connectivity index (χ1v) is 20.0. The van der Waals surface area contributed by atoms with Crippen molar-refractivity contribution in [1.29, 1.82) is 0 Å². The van der Waals surface area contributed by atoms with Crippen LogP contribution in [0.2, 0.25) is 0 Å². The van der Waals surface area contributed by atoms with E-state index in [4.69, 9.17) is 14.0 Å². The molecule has 12 heteroatoms. The molecule has 0 radical (unpaired) electrons. The quantitative estimate of drug-likeness (QED) is 0.0640. The van der Waals surface area contributed by atoms with E-state index in [-0.39, 0.29) is 38.4 Å². The Morgan fingerprint density at radius 2 is 1.52 bits per heavy atom. The van der Waals surface area contributed by atoms with Crippen molar-refractivity contribution in [1.82, 2.24) is 5.32 Å². The predicted molar refractivity (Wildman–Crippen MR) is 206 cm³/mol. The van der Waals surface area contributed by atoms with Gasteiger partial charge in [-0.15, -0.1) is 11.3 Å². The van der Waals surface area contributed by atoms with E-state index in [0.717, 1.165) is 28.3 Å². The summed E-state index contributed by atoms with van der Waals surface area (Å²) in [5, 5.41) is 15.5. The molecule has 1 amide bonds. The monoisotopic (exact) mass is 779 g/mol. The number of halogens is 3. The second kappa shape index (κ2) is 19.8. The van der Waals surface area contributed by atoms with Crippen LogP contribution in [0.5, 0.6) is 5.75 Å². The van der Waals surface area contributed by atoms with E-state index in [1.807, 2.05) is 79.0 Å². The molecule has 0 saturated heterocycles. The second-order valence-electron chi connectivity index (χ2n) is 13.2. The average Bonchev–Trinajstić information content (AvgIpc) is 3.61. The molecule has 0 fully saturated rings. The van der Waals surface area contributed by atoms with Crippen molar-refractivity contribution >= 4 is 25.5 Å². The van der Waals surface area contributed by atoms with Crippen LogP contribution < -0.4 is 10.1 Å². The third-order valence-corrected chi connectivity index (χ3v) is 11.5. The van der Waals surface area contributed by atoms with E-state index >= 15 is 0 Å². The van der Waals surface area contributed by atoms with Gasteiger partial charge in [-0.05, 0) is 90.4 Å². The number of rotatable bonds is 19. The third-order valence-electron chi connectivity index (χ3n) is 9.04. The van der Waals surface area contributed by atoms with Gasteiger partial charge in [0.2, 0.25) is 0 Å². The number of hydrogen-bond donors (Lipinski definition) is 2. The highest BCUT2D eigenvalue weighted by molar-refractivity contribution is 7.39. The van der Waals surface area contributed by atoms with Gasteiger partial charge in [0.15, 0.2) is 8.03 Å². The van der Waals surface area contributed by atoms with Crippen molar-refractivity contribution in [2.24, 2.45) is 0 Å². The lowest BCUT2D eigenvalue weighted by molar-refractivity contribution is -0.139. The van der Waals surface area contributed by atoms with Gasteiger partial charge in [-0.2, -0.15) is 13.2 Å². The van der Waals surface area contributed by atoms with Crippen molar-refractivity contribution in [2.75, 3.05) is 19.8 Å². The Balaban J connectivity index is 1.32. The molecule has 0 saturated carbocycles. The lowest BCUT2D eigenvalue weighted by Gasteiger charge is -2.33. The van der Waals surface area contributed by atoms with Crippen LogP contribution in [0.15, 0.2) is 121 Å². The van der Waals surface area contributed by atoms with Gasteiger partial charge in [0.25, 0.3) is 0 Å². The SMILES string of the molecule is Cc1cc(CCCOc2ccc(CCC(CO)(CO[PH](=O)C(Cc3ccccc3)c3ccccc3)NC(=O)OCc3ccccc3)cc2C(F)(F)F)cs1. The van der Waals surface area contributed by atoms with Crippen LogP contribution in [-0.4, -0.2) is 36.6 Å². The van der Waals surface area contributed by atoms with Crippen LogP contribution in [0.3, 0.4) is 0 Å². The van der Waals surface area contributed by atoms with E-state index in [1.165, 1.54) is 17.0 Å². The fraction of sp³-hybridized carbons (Fsp3) is 0.310. The maximum absolute atomic E-state index is 14.3. The number of carbonyl (C=O) groups excluding carboxylic acids is 1. The van der Waals surface area contributed by atoms with Gasteiger partial charge in [0, 0.05) is 4.88 Å². The van der Waals surface area contributed by atoms with Gasteiger partial charge in [-0.25, -0.2) is 4.79 Å². The largest absolute Gasteiger partial charge is 0.493 e. The summed E-state index contributed by atoms with van der Waals surface area (Å²) in [4.78, 5) is 14.3. The molecule has 5 rings (SSSR count). The van der Waals surface area contributed by atoms with Crippen molar-refractivity contribution in [3.8, 4) is 5.75 Å². The minimum atomic E-state index is -4.68. The zero-order chi connectivity index (χ0) is 38.4. The molecule has 3 unspecified atom stereocenters. The van der Waals surface area contributed by atoms with Crippen LogP contribution >= 0.6 is 19.4 Å². The number of benzene rings is 4. The fourth-order valence-corrected chi connectivity index (χ4v) is 8.27. The summed E-state index contributed by atoms with van der Waals surface area (Å²) in [6.45, 7) is 1.03. The molecule has 1 aromatic heterocycles. The van der Waals surface area contributed by atoms with Crippen LogP contribution in [0.25, 0.3) is 0 Å². The summed E-state index contributed by atoms with van der Waals surface area (Å²) < 4.78 is 73.9.